The molecule has 2 heterocycles. The number of ketones is 1. The molecule has 46 heavy (non-hydrogen) atoms. The lowest BCUT2D eigenvalue weighted by Gasteiger charge is -2.61. The van der Waals surface area contributed by atoms with E-state index < -0.39 is 83.1 Å². The van der Waals surface area contributed by atoms with Crippen LogP contribution < -0.4 is 0 Å². The first-order valence-corrected chi connectivity index (χ1v) is 16.5. The average molecular weight is 641 g/mol. The molecule has 0 amide bonds. The molecule has 5 fully saturated rings. The standard InChI is InChI=1S/C36H48O10/c1-6-7-15-25(37)16-11-12-17-43-20-32(41)29(39)27-30-33(21(2)3)19-23(5)35(27,26-18-22(4)28(38)34(26,42)31(32)40)46-36(44-30,45-33)24-13-9-8-10-14-24/h7-11,13-16,22-23,26-31,38-42H,2,6,12,17-20H2,1,3-5H3/t22-,23+,26-,27+,28-,29-,30-,31+,32-,33-,34+,35-,36+/m0/s1. The number of hydrogen-bond donors (Lipinski definition) is 5. The molecule has 10 heteroatoms. The van der Waals surface area contributed by atoms with Crippen LogP contribution in [0.25, 0.3) is 0 Å². The number of benzene rings is 1. The number of allylic oxidation sites excluding steroid dienone is 3. The van der Waals surface area contributed by atoms with Gasteiger partial charge in [0.1, 0.15) is 29.0 Å². The van der Waals surface area contributed by atoms with Gasteiger partial charge in [-0.05, 0) is 62.2 Å². The Labute approximate surface area is 270 Å². The SMILES string of the molecule is C=C(C)[C@@]12C[C@@H](C)[C@@]34O[C@](c5ccccc5)(O[C@H]1[C@H]3[C@H](O)[C@@](O)(COCCC=CC(=O)C=CCC)[C@@H](O)[C@]1(O)[C@@H](O)[C@@H](C)C[C@@H]14)O2. The second kappa shape index (κ2) is 11.7. The molecule has 1 aromatic carbocycles. The molecule has 3 aliphatic carbocycles. The van der Waals surface area contributed by atoms with Gasteiger partial charge in [0.25, 0.3) is 0 Å². The minimum absolute atomic E-state index is 0.0579. The quantitative estimate of drug-likeness (QED) is 0.147. The zero-order valence-electron chi connectivity index (χ0n) is 27.0. The van der Waals surface area contributed by atoms with Crippen LogP contribution in [-0.4, -0.2) is 91.3 Å². The van der Waals surface area contributed by atoms with Crippen molar-refractivity contribution in [2.45, 2.75) is 106 Å². The monoisotopic (exact) mass is 640 g/mol. The maximum atomic E-state index is 12.6. The van der Waals surface area contributed by atoms with Crippen LogP contribution in [-0.2, 0) is 29.7 Å². The first-order chi connectivity index (χ1) is 21.7. The van der Waals surface area contributed by atoms with Crippen molar-refractivity contribution in [1.82, 2.24) is 0 Å². The molecular formula is C36H48O10. The Hall–Kier alpha value is -2.25. The van der Waals surface area contributed by atoms with Gasteiger partial charge in [-0.2, -0.15) is 0 Å². The summed E-state index contributed by atoms with van der Waals surface area (Å²) in [6.45, 7) is 11.3. The lowest BCUT2D eigenvalue weighted by Crippen LogP contribution is -2.73. The second-order valence-corrected chi connectivity index (χ2v) is 14.2. The third-order valence-corrected chi connectivity index (χ3v) is 11.5. The lowest BCUT2D eigenvalue weighted by molar-refractivity contribution is -0.446. The molecule has 0 radical (unpaired) electrons. The van der Waals surface area contributed by atoms with Gasteiger partial charge in [-0.3, -0.25) is 4.79 Å². The van der Waals surface area contributed by atoms with Gasteiger partial charge in [0.15, 0.2) is 5.78 Å². The summed E-state index contributed by atoms with van der Waals surface area (Å²) in [6, 6.07) is 9.18. The summed E-state index contributed by atoms with van der Waals surface area (Å²) in [6.07, 6.45) is 1.95. The highest BCUT2D eigenvalue weighted by Crippen LogP contribution is 2.72. The number of hydrogen-bond acceptors (Lipinski definition) is 10. The number of ether oxygens (including phenoxy) is 4. The summed E-state index contributed by atoms with van der Waals surface area (Å²) < 4.78 is 26.4. The topological polar surface area (TPSA) is 155 Å². The van der Waals surface area contributed by atoms with Gasteiger partial charge < -0.3 is 44.5 Å². The molecule has 13 atom stereocenters. The average Bonchev–Trinajstić information content (AvgIpc) is 3.39. The molecule has 0 spiro atoms. The molecule has 2 saturated heterocycles. The molecule has 5 aliphatic rings. The van der Waals surface area contributed by atoms with Crippen molar-refractivity contribution in [2.24, 2.45) is 23.7 Å². The van der Waals surface area contributed by atoms with E-state index in [1.807, 2.05) is 51.1 Å². The molecule has 0 unspecified atom stereocenters. The van der Waals surface area contributed by atoms with Crippen LogP contribution in [0.3, 0.4) is 0 Å². The molecular weight excluding hydrogens is 592 g/mol. The first-order valence-electron chi connectivity index (χ1n) is 16.5. The number of aliphatic hydroxyl groups is 5. The second-order valence-electron chi connectivity index (χ2n) is 14.2. The molecule has 3 bridgehead atoms. The maximum absolute atomic E-state index is 12.6. The van der Waals surface area contributed by atoms with E-state index in [2.05, 4.69) is 6.58 Å². The minimum atomic E-state index is -2.45. The Kier molecular flexibility index (Phi) is 8.57. The van der Waals surface area contributed by atoms with Gasteiger partial charge in [-0.1, -0.05) is 69.8 Å². The molecule has 1 aromatic rings. The fourth-order valence-electron chi connectivity index (χ4n) is 9.29. The predicted octanol–water partition coefficient (Wildman–Crippen LogP) is 2.66. The van der Waals surface area contributed by atoms with Crippen LogP contribution in [0.5, 0.6) is 0 Å². The highest BCUT2D eigenvalue weighted by molar-refractivity contribution is 5.99. The van der Waals surface area contributed by atoms with Crippen molar-refractivity contribution in [3.63, 3.8) is 0 Å². The van der Waals surface area contributed by atoms with E-state index in [0.717, 1.165) is 6.42 Å². The van der Waals surface area contributed by atoms with Crippen molar-refractivity contribution in [3.8, 4) is 0 Å². The molecule has 0 aromatic heterocycles. The van der Waals surface area contributed by atoms with Crippen molar-refractivity contribution < 1.29 is 49.3 Å². The fourth-order valence-corrected chi connectivity index (χ4v) is 9.29. The Bertz CT molecular complexity index is 1400. The summed E-state index contributed by atoms with van der Waals surface area (Å²) in [5.41, 5.74) is -6.02. The Morgan fingerprint density at radius 3 is 2.43 bits per heavy atom. The smallest absolute Gasteiger partial charge is 0.313 e. The zero-order valence-corrected chi connectivity index (χ0v) is 27.0. The molecule has 6 rings (SSSR count). The number of carbonyl (C=O) groups is 1. The number of carbonyl (C=O) groups excluding carboxylic acids is 1. The molecule has 252 valence electrons. The summed E-state index contributed by atoms with van der Waals surface area (Å²) in [5, 5.41) is 60.9. The Balaban J connectivity index is 1.42. The van der Waals surface area contributed by atoms with Crippen LogP contribution in [0.4, 0.5) is 0 Å². The van der Waals surface area contributed by atoms with Gasteiger partial charge in [-0.25, -0.2) is 0 Å². The Morgan fingerprint density at radius 2 is 1.76 bits per heavy atom. The van der Waals surface area contributed by atoms with Crippen LogP contribution in [0.15, 0.2) is 66.8 Å². The number of aliphatic hydroxyl groups excluding tert-OH is 3. The fraction of sp³-hybridized carbons (Fsp3) is 0.639. The largest absolute Gasteiger partial charge is 0.390 e. The van der Waals surface area contributed by atoms with E-state index in [-0.39, 0.29) is 18.8 Å². The lowest BCUT2D eigenvalue weighted by atomic mass is 9.53. The van der Waals surface area contributed by atoms with E-state index in [1.165, 1.54) is 12.2 Å². The summed E-state index contributed by atoms with van der Waals surface area (Å²) in [4.78, 5) is 11.9. The Morgan fingerprint density at radius 1 is 1.07 bits per heavy atom. The van der Waals surface area contributed by atoms with Gasteiger partial charge in [0.2, 0.25) is 0 Å². The van der Waals surface area contributed by atoms with Crippen LogP contribution >= 0.6 is 0 Å². The van der Waals surface area contributed by atoms with E-state index >= 15 is 0 Å². The normalized spacial score (nSPS) is 47.7. The van der Waals surface area contributed by atoms with E-state index in [1.54, 1.807) is 19.1 Å². The van der Waals surface area contributed by atoms with Gasteiger partial charge in [-0.15, -0.1) is 0 Å². The van der Waals surface area contributed by atoms with Crippen molar-refractivity contribution in [3.05, 3.63) is 72.4 Å². The van der Waals surface area contributed by atoms with Crippen LogP contribution in [0, 0.1) is 23.7 Å². The summed E-state index contributed by atoms with van der Waals surface area (Å²) in [5.74, 6) is -4.69. The van der Waals surface area contributed by atoms with Gasteiger partial charge >= 0.3 is 5.97 Å². The van der Waals surface area contributed by atoms with Crippen molar-refractivity contribution in [1.29, 1.82) is 0 Å². The van der Waals surface area contributed by atoms with E-state index in [0.29, 0.717) is 24.0 Å². The summed E-state index contributed by atoms with van der Waals surface area (Å²) >= 11 is 0. The molecule has 2 aliphatic heterocycles. The van der Waals surface area contributed by atoms with Crippen LogP contribution in [0.1, 0.15) is 58.9 Å². The zero-order chi connectivity index (χ0) is 33.3. The minimum Gasteiger partial charge on any atom is -0.390 e. The molecule has 3 saturated carbocycles. The van der Waals surface area contributed by atoms with E-state index in [4.69, 9.17) is 18.9 Å². The van der Waals surface area contributed by atoms with E-state index in [9.17, 15) is 30.3 Å². The maximum Gasteiger partial charge on any atom is 0.313 e. The van der Waals surface area contributed by atoms with Crippen LogP contribution in [0.2, 0.25) is 0 Å². The first kappa shape index (κ1) is 33.6. The molecule has 5 N–H and O–H groups in total. The third kappa shape index (κ3) is 4.53. The summed E-state index contributed by atoms with van der Waals surface area (Å²) in [7, 11) is 0. The third-order valence-electron chi connectivity index (χ3n) is 11.5. The van der Waals surface area contributed by atoms with Crippen molar-refractivity contribution >= 4 is 5.78 Å². The highest BCUT2D eigenvalue weighted by atomic mass is 16.9. The molecule has 10 nitrogen and oxygen atoms in total. The predicted molar refractivity (Wildman–Crippen MR) is 167 cm³/mol. The number of fused-ring (bicyclic) bond motifs is 2. The van der Waals surface area contributed by atoms with Gasteiger partial charge in [0, 0.05) is 17.4 Å². The highest BCUT2D eigenvalue weighted by Gasteiger charge is 2.84. The van der Waals surface area contributed by atoms with Gasteiger partial charge in [0.05, 0.1) is 31.0 Å². The number of rotatable bonds is 10. The van der Waals surface area contributed by atoms with Crippen molar-refractivity contribution in [2.75, 3.05) is 13.2 Å².